The third kappa shape index (κ3) is 6.73. The molecule has 1 atom stereocenters. The maximum atomic E-state index is 13.4. The van der Waals surface area contributed by atoms with Gasteiger partial charge < -0.3 is 19.3 Å². The van der Waals surface area contributed by atoms with Crippen LogP contribution in [0.2, 0.25) is 0 Å². The van der Waals surface area contributed by atoms with Crippen LogP contribution in [0.4, 0.5) is 0 Å². The van der Waals surface area contributed by atoms with Crippen molar-refractivity contribution in [2.24, 2.45) is 0 Å². The first-order valence-electron chi connectivity index (χ1n) is 15.8. The van der Waals surface area contributed by atoms with Gasteiger partial charge in [0.25, 0.3) is 0 Å². The third-order valence-electron chi connectivity index (χ3n) is 8.45. The Labute approximate surface area is 291 Å². The van der Waals surface area contributed by atoms with Gasteiger partial charge in [-0.3, -0.25) is 0 Å². The van der Waals surface area contributed by atoms with Crippen LogP contribution in [0.1, 0.15) is 28.5 Å². The van der Waals surface area contributed by atoms with Crippen LogP contribution in [-0.4, -0.2) is 21.9 Å². The second kappa shape index (κ2) is 13.5. The van der Waals surface area contributed by atoms with Gasteiger partial charge in [0.1, 0.15) is 23.9 Å². The molecule has 0 saturated heterocycles. The molecule has 0 aliphatic carbocycles. The number of phenols is 1. The summed E-state index contributed by atoms with van der Waals surface area (Å²) in [5, 5.41) is 9.64. The van der Waals surface area contributed by atoms with E-state index >= 15 is 0 Å². The highest BCUT2D eigenvalue weighted by Gasteiger charge is 2.22. The van der Waals surface area contributed by atoms with Gasteiger partial charge in [-0.05, 0) is 120 Å². The van der Waals surface area contributed by atoms with Gasteiger partial charge in [-0.1, -0.05) is 54.1 Å². The van der Waals surface area contributed by atoms with Crippen LogP contribution in [-0.2, 0) is 37.6 Å². The molecular weight excluding hydrogens is 673 g/mol. The number of ether oxygens (including phenoxy) is 3. The fourth-order valence-corrected chi connectivity index (χ4v) is 8.36. The summed E-state index contributed by atoms with van der Waals surface area (Å²) in [4.78, 5) is 0.440. The van der Waals surface area contributed by atoms with E-state index in [9.17, 15) is 21.9 Å². The highest BCUT2D eigenvalue weighted by Crippen LogP contribution is 2.35. The van der Waals surface area contributed by atoms with Gasteiger partial charge in [-0.15, -0.1) is 0 Å². The highest BCUT2D eigenvalue weighted by molar-refractivity contribution is 7.91. The monoisotopic (exact) mass is 704 g/mol. The van der Waals surface area contributed by atoms with Crippen molar-refractivity contribution < 1.29 is 36.2 Å². The Kier molecular flexibility index (Phi) is 8.92. The molecule has 0 radical (unpaired) electrons. The lowest BCUT2D eigenvalue weighted by molar-refractivity contribution is -0.0928. The molecule has 252 valence electrons. The molecule has 0 amide bonds. The minimum Gasteiger partial charge on any atom is -0.508 e. The van der Waals surface area contributed by atoms with Crippen molar-refractivity contribution in [3.8, 4) is 28.4 Å². The molecule has 3 heterocycles. The van der Waals surface area contributed by atoms with E-state index in [-0.39, 0.29) is 38.5 Å². The molecule has 3 aliphatic heterocycles. The summed E-state index contributed by atoms with van der Waals surface area (Å²) < 4.78 is 72.6. The van der Waals surface area contributed by atoms with Crippen molar-refractivity contribution >= 4 is 19.7 Å². The van der Waals surface area contributed by atoms with E-state index in [2.05, 4.69) is 0 Å². The van der Waals surface area contributed by atoms with E-state index in [0.29, 0.717) is 11.5 Å². The average molecular weight is 705 g/mol. The number of hydrogen-bond acceptors (Lipinski definition) is 8. The van der Waals surface area contributed by atoms with Crippen LogP contribution < -0.4 is 9.47 Å². The molecule has 9 rings (SSSR count). The van der Waals surface area contributed by atoms with Crippen LogP contribution in [0, 0.1) is 6.92 Å². The molecule has 1 N–H and O–H groups in total. The maximum absolute atomic E-state index is 13.4. The zero-order valence-electron chi connectivity index (χ0n) is 26.9. The molecule has 8 nitrogen and oxygen atoms in total. The maximum Gasteiger partial charge on any atom is 0.227 e. The fraction of sp³-hybridized carbons (Fsp3) is 0.100. The van der Waals surface area contributed by atoms with E-state index in [1.54, 1.807) is 48.5 Å². The van der Waals surface area contributed by atoms with Gasteiger partial charge in [0, 0.05) is 5.56 Å². The predicted molar refractivity (Wildman–Crippen MR) is 187 cm³/mol. The van der Waals surface area contributed by atoms with Gasteiger partial charge in [-0.2, -0.15) is 0 Å². The zero-order chi connectivity index (χ0) is 34.9. The Balaban J connectivity index is 1.31. The highest BCUT2D eigenvalue weighted by atomic mass is 32.2. The van der Waals surface area contributed by atoms with Crippen molar-refractivity contribution in [2.75, 3.05) is 0 Å². The number of phenolic OH excluding ortho intramolecular Hbond substituents is 1. The molecule has 0 aromatic heterocycles. The second-order valence-corrected chi connectivity index (χ2v) is 15.8. The van der Waals surface area contributed by atoms with E-state index in [1.807, 2.05) is 49.4 Å². The quantitative estimate of drug-likeness (QED) is 0.195. The Morgan fingerprint density at radius 3 is 1.84 bits per heavy atom. The lowest BCUT2D eigenvalue weighted by atomic mass is 9.95. The van der Waals surface area contributed by atoms with Crippen LogP contribution in [0.3, 0.4) is 0 Å². The number of hydrogen-bond donors (Lipinski definition) is 1. The minimum atomic E-state index is -3.83. The standard InChI is InChI=1S/C40H32O8S2/c1-27-4-2-5-29(24-27)40-47-26-31-7-3-6-30(39(31)28-8-16-35(17-9-28)49(42,43)36-18-10-32(41)11-19-36)25-46-33-12-20-37(21-13-33)50(44,45)38-22-14-34(48-40)15-23-38/h2-24,40-41H,25-26H2,1H3. The molecule has 6 aromatic carbocycles. The summed E-state index contributed by atoms with van der Waals surface area (Å²) in [5.74, 6) is 0.890. The summed E-state index contributed by atoms with van der Waals surface area (Å²) in [6, 6.07) is 38.1. The van der Waals surface area contributed by atoms with Crippen molar-refractivity contribution in [2.45, 2.75) is 46.0 Å². The first-order chi connectivity index (χ1) is 24.1. The van der Waals surface area contributed by atoms with Crippen molar-refractivity contribution in [3.05, 3.63) is 162 Å². The van der Waals surface area contributed by atoms with Gasteiger partial charge in [-0.25, -0.2) is 16.8 Å². The Morgan fingerprint density at radius 1 is 0.660 bits per heavy atom. The molecule has 6 bridgehead atoms. The molecule has 0 spiro atoms. The number of fused-ring (bicyclic) bond motifs is 2. The lowest BCUT2D eigenvalue weighted by Gasteiger charge is -2.23. The minimum absolute atomic E-state index is 0.0231. The summed E-state index contributed by atoms with van der Waals surface area (Å²) in [6.45, 7) is 2.24. The van der Waals surface area contributed by atoms with Crippen LogP contribution in [0.5, 0.6) is 17.2 Å². The largest absolute Gasteiger partial charge is 0.508 e. The Bertz CT molecular complexity index is 2370. The van der Waals surface area contributed by atoms with Gasteiger partial charge >= 0.3 is 0 Å². The number of sulfone groups is 2. The smallest absolute Gasteiger partial charge is 0.227 e. The Morgan fingerprint density at radius 2 is 1.22 bits per heavy atom. The number of benzene rings is 6. The van der Waals surface area contributed by atoms with Crippen LogP contribution >= 0.6 is 0 Å². The first-order valence-corrected chi connectivity index (χ1v) is 18.7. The average Bonchev–Trinajstić information content (AvgIpc) is 3.13. The lowest BCUT2D eigenvalue weighted by Crippen LogP contribution is -2.13. The SMILES string of the molecule is Cc1cccc(C2OCc3cccc(c3-c3ccc(S(=O)(=O)c4ccc(O)cc4)cc3)COc3ccc(cc3)S(=O)(=O)c3ccc(cc3)O2)c1. The zero-order valence-corrected chi connectivity index (χ0v) is 28.5. The molecule has 1 unspecified atom stereocenters. The van der Waals surface area contributed by atoms with Crippen molar-refractivity contribution in [1.82, 2.24) is 0 Å². The van der Waals surface area contributed by atoms with Crippen LogP contribution in [0.25, 0.3) is 11.1 Å². The summed E-state index contributed by atoms with van der Waals surface area (Å²) in [7, 11) is -7.63. The number of aryl methyl sites for hydroxylation is 1. The fourth-order valence-electron chi connectivity index (χ4n) is 5.84. The summed E-state index contributed by atoms with van der Waals surface area (Å²) in [5.41, 5.74) is 4.96. The van der Waals surface area contributed by atoms with Gasteiger partial charge in [0.15, 0.2) is 0 Å². The predicted octanol–water partition coefficient (Wildman–Crippen LogP) is 8.22. The van der Waals surface area contributed by atoms with Crippen molar-refractivity contribution in [3.63, 3.8) is 0 Å². The van der Waals surface area contributed by atoms with Gasteiger partial charge in [0.2, 0.25) is 26.0 Å². The molecule has 3 aliphatic rings. The Hall–Kier alpha value is -5.42. The van der Waals surface area contributed by atoms with E-state index in [0.717, 1.165) is 33.4 Å². The number of rotatable bonds is 4. The molecular formula is C40H32O8S2. The number of aromatic hydroxyl groups is 1. The molecule has 50 heavy (non-hydrogen) atoms. The van der Waals surface area contributed by atoms with Crippen LogP contribution in [0.15, 0.2) is 159 Å². The topological polar surface area (TPSA) is 116 Å². The van der Waals surface area contributed by atoms with E-state index in [1.165, 1.54) is 48.5 Å². The van der Waals surface area contributed by atoms with E-state index in [4.69, 9.17) is 14.2 Å². The molecule has 6 aromatic rings. The molecule has 0 fully saturated rings. The third-order valence-corrected chi connectivity index (χ3v) is 12.0. The van der Waals surface area contributed by atoms with Gasteiger partial charge in [0.05, 0.1) is 26.2 Å². The van der Waals surface area contributed by atoms with Crippen molar-refractivity contribution in [1.29, 1.82) is 0 Å². The summed E-state index contributed by atoms with van der Waals surface area (Å²) in [6.07, 6.45) is -0.839. The molecule has 0 saturated carbocycles. The second-order valence-electron chi connectivity index (χ2n) is 11.9. The van der Waals surface area contributed by atoms with E-state index < -0.39 is 26.0 Å². The summed E-state index contributed by atoms with van der Waals surface area (Å²) >= 11 is 0. The first kappa shape index (κ1) is 33.1. The molecule has 10 heteroatoms. The normalized spacial score (nSPS) is 15.7.